The molecule has 6 heteroatoms. The molecule has 0 unspecified atom stereocenters. The lowest BCUT2D eigenvalue weighted by atomic mass is 10.4. The molecule has 0 spiro atoms. The van der Waals surface area contributed by atoms with Crippen molar-refractivity contribution in [2.24, 2.45) is 0 Å². The van der Waals surface area contributed by atoms with Gasteiger partial charge in [-0.05, 0) is 15.0 Å². The van der Waals surface area contributed by atoms with E-state index in [1.54, 1.807) is 18.2 Å². The molecule has 1 aromatic carbocycles. The molecule has 0 aromatic heterocycles. The highest BCUT2D eigenvalue weighted by molar-refractivity contribution is 9.09. The van der Waals surface area contributed by atoms with Gasteiger partial charge in [-0.1, -0.05) is 18.2 Å². The smallest absolute Gasteiger partial charge is 0.205 e. The highest BCUT2D eigenvalue weighted by atomic mass is 79.9. The molecule has 1 rings (SSSR count). The standard InChI is InChI=1S/C6H5BrClNO2S/c7-9(8)12(10,11)6-4-2-1-3-5-6/h1-5H. The molecule has 3 nitrogen and oxygen atoms in total. The van der Waals surface area contributed by atoms with Gasteiger partial charge in [0.2, 0.25) is 0 Å². The van der Waals surface area contributed by atoms with Gasteiger partial charge < -0.3 is 0 Å². The van der Waals surface area contributed by atoms with E-state index in [2.05, 4.69) is 16.1 Å². The molecule has 0 saturated heterocycles. The Labute approximate surface area is 84.4 Å². The molecule has 12 heavy (non-hydrogen) atoms. The Balaban J connectivity index is 3.17. The normalized spacial score (nSPS) is 11.9. The Morgan fingerprint density at radius 2 is 1.75 bits per heavy atom. The fraction of sp³-hybridized carbons (Fsp3) is 0. The third kappa shape index (κ3) is 1.98. The van der Waals surface area contributed by atoms with Crippen LogP contribution in [0, 0.1) is 0 Å². The van der Waals surface area contributed by atoms with Crippen molar-refractivity contribution < 1.29 is 8.42 Å². The van der Waals surface area contributed by atoms with Crippen molar-refractivity contribution in [2.75, 3.05) is 0 Å². The molecule has 0 aliphatic rings. The Morgan fingerprint density at radius 3 is 2.17 bits per heavy atom. The predicted octanol–water partition coefficient (Wildman–Crippen LogP) is 2.14. The molecule has 0 N–H and O–H groups in total. The molecule has 0 bridgehead atoms. The van der Waals surface area contributed by atoms with Gasteiger partial charge in [0.25, 0.3) is 10.0 Å². The molecular weight excluding hydrogens is 265 g/mol. The fourth-order valence-electron chi connectivity index (χ4n) is 0.672. The minimum absolute atomic E-state index is 0.150. The highest BCUT2D eigenvalue weighted by Crippen LogP contribution is 2.19. The second-order valence-electron chi connectivity index (χ2n) is 1.99. The zero-order valence-electron chi connectivity index (χ0n) is 5.81. The number of halogens is 2. The van der Waals surface area contributed by atoms with Gasteiger partial charge in [-0.15, -0.1) is 0 Å². The summed E-state index contributed by atoms with van der Waals surface area (Å²) in [6.07, 6.45) is 0. The van der Waals surface area contributed by atoms with Gasteiger partial charge in [-0.3, -0.25) is 0 Å². The molecule has 1 aromatic rings. The van der Waals surface area contributed by atoms with E-state index in [4.69, 9.17) is 11.8 Å². The van der Waals surface area contributed by atoms with Gasteiger partial charge in [0.05, 0.1) is 4.90 Å². The number of nitrogens with zero attached hydrogens (tertiary/aromatic N) is 1. The Kier molecular flexibility index (Phi) is 3.11. The van der Waals surface area contributed by atoms with Crippen LogP contribution in [0.2, 0.25) is 0 Å². The van der Waals surface area contributed by atoms with Gasteiger partial charge in [0.15, 0.2) is 0 Å². The molecule has 0 atom stereocenters. The van der Waals surface area contributed by atoms with Crippen LogP contribution in [0.25, 0.3) is 0 Å². The summed E-state index contributed by atoms with van der Waals surface area (Å²) in [5, 5.41) is 0. The van der Waals surface area contributed by atoms with E-state index in [1.807, 2.05) is 0 Å². The lowest BCUT2D eigenvalue weighted by Gasteiger charge is -2.04. The first-order valence-electron chi connectivity index (χ1n) is 2.97. The summed E-state index contributed by atoms with van der Waals surface area (Å²) < 4.78 is 23.0. The third-order valence-corrected chi connectivity index (χ3v) is 4.14. The first-order chi connectivity index (χ1) is 5.55. The largest absolute Gasteiger partial charge is 0.266 e. The third-order valence-electron chi connectivity index (χ3n) is 1.22. The number of benzene rings is 1. The van der Waals surface area contributed by atoms with Crippen molar-refractivity contribution in [3.8, 4) is 0 Å². The minimum Gasteiger partial charge on any atom is -0.205 e. The van der Waals surface area contributed by atoms with Crippen molar-refractivity contribution in [1.29, 1.82) is 0 Å². The lowest BCUT2D eigenvalue weighted by molar-refractivity contribution is 0.582. The second-order valence-corrected chi connectivity index (χ2v) is 5.90. The first kappa shape index (κ1) is 9.98. The number of hydrogen-bond donors (Lipinski definition) is 0. The summed E-state index contributed by atoms with van der Waals surface area (Å²) >= 11 is 7.91. The molecule has 0 aliphatic heterocycles. The van der Waals surface area contributed by atoms with Crippen molar-refractivity contribution >= 4 is 37.9 Å². The fourth-order valence-corrected chi connectivity index (χ4v) is 2.07. The summed E-state index contributed by atoms with van der Waals surface area (Å²) in [5.74, 6) is 0. The number of hydrogen-bond acceptors (Lipinski definition) is 2. The van der Waals surface area contributed by atoms with Crippen molar-refractivity contribution in [3.05, 3.63) is 30.3 Å². The van der Waals surface area contributed by atoms with E-state index >= 15 is 0 Å². The van der Waals surface area contributed by atoms with E-state index in [1.165, 1.54) is 12.1 Å². The summed E-state index contributed by atoms with van der Waals surface area (Å²) in [4.78, 5) is 0.150. The zero-order chi connectivity index (χ0) is 9.19. The molecule has 0 radical (unpaired) electrons. The monoisotopic (exact) mass is 269 g/mol. The Morgan fingerprint density at radius 1 is 1.25 bits per heavy atom. The Hall–Kier alpha value is -0.100. The number of sulfonamides is 1. The maximum atomic E-state index is 11.3. The Bertz CT molecular complexity index is 351. The molecule has 0 amide bonds. The van der Waals surface area contributed by atoms with Crippen molar-refractivity contribution in [3.63, 3.8) is 0 Å². The van der Waals surface area contributed by atoms with Crippen molar-refractivity contribution in [1.82, 2.24) is 2.85 Å². The highest BCUT2D eigenvalue weighted by Gasteiger charge is 2.19. The van der Waals surface area contributed by atoms with Crippen LogP contribution in [0.1, 0.15) is 0 Å². The molecule has 0 aliphatic carbocycles. The summed E-state index contributed by atoms with van der Waals surface area (Å²) in [5.41, 5.74) is 0. The van der Waals surface area contributed by atoms with Crippen LogP contribution in [0.4, 0.5) is 0 Å². The van der Waals surface area contributed by atoms with E-state index in [0.717, 1.165) is 0 Å². The van der Waals surface area contributed by atoms with Crippen LogP contribution in [0.5, 0.6) is 0 Å². The quantitative estimate of drug-likeness (QED) is 0.772. The second kappa shape index (κ2) is 3.74. The van der Waals surface area contributed by atoms with E-state index < -0.39 is 10.0 Å². The SMILES string of the molecule is O=S(=O)(c1ccccc1)N(Cl)Br. The van der Waals surface area contributed by atoms with Crippen LogP contribution in [0.15, 0.2) is 35.2 Å². The molecular formula is C6H5BrClNO2S. The molecule has 0 saturated carbocycles. The van der Waals surface area contributed by atoms with Crippen LogP contribution in [0.3, 0.4) is 0 Å². The van der Waals surface area contributed by atoms with Crippen molar-refractivity contribution in [2.45, 2.75) is 4.90 Å². The minimum atomic E-state index is -3.56. The maximum absolute atomic E-state index is 11.3. The lowest BCUT2D eigenvalue weighted by Crippen LogP contribution is -2.11. The molecule has 66 valence electrons. The maximum Gasteiger partial charge on any atom is 0.266 e. The van der Waals surface area contributed by atoms with Gasteiger partial charge in [0.1, 0.15) is 0 Å². The average Bonchev–Trinajstić information content (AvgIpc) is 2.06. The van der Waals surface area contributed by atoms with E-state index in [-0.39, 0.29) is 4.90 Å². The zero-order valence-corrected chi connectivity index (χ0v) is 8.97. The van der Waals surface area contributed by atoms with Crippen LogP contribution >= 0.6 is 27.9 Å². The van der Waals surface area contributed by atoms with Gasteiger partial charge >= 0.3 is 0 Å². The summed E-state index contributed by atoms with van der Waals surface area (Å²) in [6, 6.07) is 7.91. The predicted molar refractivity (Wildman–Crippen MR) is 50.2 cm³/mol. The van der Waals surface area contributed by atoms with Crippen LogP contribution < -0.4 is 0 Å². The average molecular weight is 271 g/mol. The van der Waals surface area contributed by atoms with Crippen LogP contribution in [-0.4, -0.2) is 11.3 Å². The topological polar surface area (TPSA) is 37.4 Å². The summed E-state index contributed by atoms with van der Waals surface area (Å²) in [6.45, 7) is 0. The van der Waals surface area contributed by atoms with Crippen LogP contribution in [-0.2, 0) is 10.0 Å². The number of rotatable bonds is 2. The van der Waals surface area contributed by atoms with Gasteiger partial charge in [0, 0.05) is 27.9 Å². The van der Waals surface area contributed by atoms with Gasteiger partial charge in [-0.25, -0.2) is 8.42 Å². The summed E-state index contributed by atoms with van der Waals surface area (Å²) in [7, 11) is -3.56. The van der Waals surface area contributed by atoms with E-state index in [0.29, 0.717) is 2.85 Å². The molecule has 0 heterocycles. The van der Waals surface area contributed by atoms with E-state index in [9.17, 15) is 8.42 Å². The first-order valence-corrected chi connectivity index (χ1v) is 5.46. The van der Waals surface area contributed by atoms with Gasteiger partial charge in [-0.2, -0.15) is 0 Å². The molecule has 0 fully saturated rings.